The first kappa shape index (κ1) is 15.3. The van der Waals surface area contributed by atoms with E-state index in [1.165, 1.54) is 0 Å². The lowest BCUT2D eigenvalue weighted by Crippen LogP contribution is -2.13. The Balaban J connectivity index is 1.63. The number of nitrogens with zero attached hydrogens (tertiary/aromatic N) is 2. The Kier molecular flexibility index (Phi) is 4.10. The van der Waals surface area contributed by atoms with E-state index in [0.29, 0.717) is 11.4 Å². The summed E-state index contributed by atoms with van der Waals surface area (Å²) in [5, 5.41) is 6.96. The minimum Gasteiger partial charge on any atom is -0.332 e. The summed E-state index contributed by atoms with van der Waals surface area (Å²) in [6, 6.07) is 20.8. The number of carbonyl (C=O) groups excluding carboxylic acids is 1. The average Bonchev–Trinajstić information content (AvgIpc) is 3.07. The predicted molar refractivity (Wildman–Crippen MR) is 102 cm³/mol. The fourth-order valence-electron chi connectivity index (χ4n) is 2.43. The number of carbonyl (C=O) groups is 1. The van der Waals surface area contributed by atoms with E-state index in [1.54, 1.807) is 35.7 Å². The van der Waals surface area contributed by atoms with Crippen LogP contribution in [0.1, 0.15) is 10.5 Å². The monoisotopic (exact) mass is 346 g/mol. The lowest BCUT2D eigenvalue weighted by molar-refractivity contribution is 0.102. The summed E-state index contributed by atoms with van der Waals surface area (Å²) in [4.78, 5) is 21.0. The van der Waals surface area contributed by atoms with Crippen LogP contribution in [0.15, 0.2) is 72.9 Å². The summed E-state index contributed by atoms with van der Waals surface area (Å²) in [5.74, 6) is -0.251. The number of hydrogen-bond donors (Lipinski definition) is 2. The van der Waals surface area contributed by atoms with Crippen LogP contribution in [-0.2, 0) is 0 Å². The maximum atomic E-state index is 12.3. The second-order valence-electron chi connectivity index (χ2n) is 5.33. The molecule has 0 aliphatic heterocycles. The van der Waals surface area contributed by atoms with Crippen molar-refractivity contribution >= 4 is 44.0 Å². The Hall–Kier alpha value is -3.25. The van der Waals surface area contributed by atoms with Gasteiger partial charge in [-0.2, -0.15) is 0 Å². The highest BCUT2D eigenvalue weighted by molar-refractivity contribution is 7.22. The molecule has 0 aliphatic rings. The van der Waals surface area contributed by atoms with Crippen molar-refractivity contribution in [1.29, 1.82) is 0 Å². The Bertz CT molecular complexity index is 1020. The Morgan fingerprint density at radius 3 is 2.56 bits per heavy atom. The predicted octanol–water partition coefficient (Wildman–Crippen LogP) is 4.69. The first-order chi connectivity index (χ1) is 12.3. The lowest BCUT2D eigenvalue weighted by atomic mass is 10.2. The van der Waals surface area contributed by atoms with E-state index < -0.39 is 0 Å². The SMILES string of the molecule is O=C(Nc1cccc2sc(Nc3ccccc3)nc12)c1ccccn1. The van der Waals surface area contributed by atoms with E-state index >= 15 is 0 Å². The van der Waals surface area contributed by atoms with Crippen LogP contribution in [0.5, 0.6) is 0 Å². The highest BCUT2D eigenvalue weighted by Gasteiger charge is 2.12. The Morgan fingerprint density at radius 2 is 1.76 bits per heavy atom. The summed E-state index contributed by atoms with van der Waals surface area (Å²) in [6.45, 7) is 0. The minimum absolute atomic E-state index is 0.251. The number of rotatable bonds is 4. The number of fused-ring (bicyclic) bond motifs is 1. The van der Waals surface area contributed by atoms with Crippen LogP contribution in [0.4, 0.5) is 16.5 Å². The molecule has 2 N–H and O–H groups in total. The largest absolute Gasteiger partial charge is 0.332 e. The molecule has 5 nitrogen and oxygen atoms in total. The van der Waals surface area contributed by atoms with Gasteiger partial charge < -0.3 is 10.6 Å². The van der Waals surface area contributed by atoms with Crippen LogP contribution >= 0.6 is 11.3 Å². The van der Waals surface area contributed by atoms with Gasteiger partial charge >= 0.3 is 0 Å². The average molecular weight is 346 g/mol. The van der Waals surface area contributed by atoms with E-state index in [-0.39, 0.29) is 5.91 Å². The van der Waals surface area contributed by atoms with Gasteiger partial charge in [-0.15, -0.1) is 0 Å². The third kappa shape index (κ3) is 3.34. The second-order valence-corrected chi connectivity index (χ2v) is 6.36. The summed E-state index contributed by atoms with van der Waals surface area (Å²) in [7, 11) is 0. The van der Waals surface area contributed by atoms with E-state index in [2.05, 4.69) is 20.6 Å². The van der Waals surface area contributed by atoms with Crippen molar-refractivity contribution in [3.05, 3.63) is 78.6 Å². The fourth-order valence-corrected chi connectivity index (χ4v) is 3.34. The van der Waals surface area contributed by atoms with Crippen molar-refractivity contribution in [1.82, 2.24) is 9.97 Å². The van der Waals surface area contributed by atoms with Gasteiger partial charge in [0.05, 0.1) is 10.4 Å². The molecular formula is C19H14N4OS. The molecule has 0 aliphatic carbocycles. The quantitative estimate of drug-likeness (QED) is 0.563. The van der Waals surface area contributed by atoms with Crippen LogP contribution in [0.25, 0.3) is 10.2 Å². The van der Waals surface area contributed by atoms with Crippen LogP contribution in [0, 0.1) is 0 Å². The molecule has 2 aromatic heterocycles. The van der Waals surface area contributed by atoms with Gasteiger partial charge in [-0.3, -0.25) is 9.78 Å². The van der Waals surface area contributed by atoms with Gasteiger partial charge in [0.15, 0.2) is 5.13 Å². The number of anilines is 3. The number of amides is 1. The number of aromatic nitrogens is 2. The van der Waals surface area contributed by atoms with Gasteiger partial charge in [0.2, 0.25) is 0 Å². The fraction of sp³-hybridized carbons (Fsp3) is 0. The molecule has 4 aromatic rings. The molecule has 0 saturated carbocycles. The van der Waals surface area contributed by atoms with Gasteiger partial charge in [0.25, 0.3) is 5.91 Å². The smallest absolute Gasteiger partial charge is 0.274 e. The summed E-state index contributed by atoms with van der Waals surface area (Å²) in [6.07, 6.45) is 1.60. The molecule has 0 spiro atoms. The van der Waals surface area contributed by atoms with Gasteiger partial charge in [0.1, 0.15) is 11.2 Å². The van der Waals surface area contributed by atoms with Crippen molar-refractivity contribution < 1.29 is 4.79 Å². The first-order valence-electron chi connectivity index (χ1n) is 7.73. The molecule has 0 radical (unpaired) electrons. The summed E-state index contributed by atoms with van der Waals surface area (Å²) in [5.41, 5.74) is 2.78. The third-order valence-electron chi connectivity index (χ3n) is 3.59. The molecule has 4 rings (SSSR count). The Morgan fingerprint density at radius 1 is 0.920 bits per heavy atom. The topological polar surface area (TPSA) is 66.9 Å². The Labute approximate surface area is 148 Å². The highest BCUT2D eigenvalue weighted by Crippen LogP contribution is 2.32. The minimum atomic E-state index is -0.251. The maximum absolute atomic E-state index is 12.3. The molecule has 122 valence electrons. The van der Waals surface area contributed by atoms with Crippen LogP contribution in [0.2, 0.25) is 0 Å². The van der Waals surface area contributed by atoms with Crippen molar-refractivity contribution in [3.63, 3.8) is 0 Å². The van der Waals surface area contributed by atoms with Crippen molar-refractivity contribution in [2.75, 3.05) is 10.6 Å². The molecule has 0 bridgehead atoms. The summed E-state index contributed by atoms with van der Waals surface area (Å²) < 4.78 is 0.997. The number of pyridine rings is 1. The normalized spacial score (nSPS) is 10.6. The molecule has 0 unspecified atom stereocenters. The van der Waals surface area contributed by atoms with Gasteiger partial charge in [-0.25, -0.2) is 4.98 Å². The molecule has 0 atom stereocenters. The number of thiazole rings is 1. The molecular weight excluding hydrogens is 332 g/mol. The van der Waals surface area contributed by atoms with E-state index in [9.17, 15) is 4.79 Å². The molecule has 6 heteroatoms. The number of para-hydroxylation sites is 2. The third-order valence-corrected chi connectivity index (χ3v) is 4.53. The standard InChI is InChI=1S/C19H14N4OS/c24-18(15-9-4-5-12-20-15)22-14-10-6-11-16-17(14)23-19(25-16)21-13-7-2-1-3-8-13/h1-12H,(H,21,23)(H,22,24). The molecule has 0 fully saturated rings. The molecule has 0 saturated heterocycles. The summed E-state index contributed by atoms with van der Waals surface area (Å²) >= 11 is 1.54. The van der Waals surface area contributed by atoms with E-state index in [4.69, 9.17) is 0 Å². The molecule has 25 heavy (non-hydrogen) atoms. The second kappa shape index (κ2) is 6.70. The van der Waals surface area contributed by atoms with Crippen molar-refractivity contribution in [2.45, 2.75) is 0 Å². The van der Waals surface area contributed by atoms with Gasteiger partial charge in [-0.05, 0) is 36.4 Å². The van der Waals surface area contributed by atoms with Crippen LogP contribution < -0.4 is 10.6 Å². The number of nitrogens with one attached hydrogen (secondary N) is 2. The lowest BCUT2D eigenvalue weighted by Gasteiger charge is -2.05. The van der Waals surface area contributed by atoms with E-state index in [0.717, 1.165) is 21.0 Å². The zero-order valence-electron chi connectivity index (χ0n) is 13.1. The van der Waals surface area contributed by atoms with Gasteiger partial charge in [-0.1, -0.05) is 41.7 Å². The zero-order valence-corrected chi connectivity index (χ0v) is 14.0. The van der Waals surface area contributed by atoms with Crippen LogP contribution in [-0.4, -0.2) is 15.9 Å². The molecule has 1 amide bonds. The number of benzene rings is 2. The van der Waals surface area contributed by atoms with Crippen molar-refractivity contribution in [2.24, 2.45) is 0 Å². The van der Waals surface area contributed by atoms with Crippen LogP contribution in [0.3, 0.4) is 0 Å². The van der Waals surface area contributed by atoms with Gasteiger partial charge in [0, 0.05) is 11.9 Å². The maximum Gasteiger partial charge on any atom is 0.274 e. The zero-order chi connectivity index (χ0) is 17.1. The van der Waals surface area contributed by atoms with E-state index in [1.807, 2.05) is 48.5 Å². The number of hydrogen-bond acceptors (Lipinski definition) is 5. The molecule has 2 aromatic carbocycles. The molecule has 2 heterocycles. The first-order valence-corrected chi connectivity index (χ1v) is 8.55. The highest BCUT2D eigenvalue weighted by atomic mass is 32.1. The van der Waals surface area contributed by atoms with Crippen molar-refractivity contribution in [3.8, 4) is 0 Å².